The lowest BCUT2D eigenvalue weighted by molar-refractivity contribution is -0.120. The van der Waals surface area contributed by atoms with Gasteiger partial charge in [0.2, 0.25) is 11.8 Å². The molecule has 0 saturated heterocycles. The number of nitrogens with zero attached hydrogens (tertiary/aromatic N) is 2. The van der Waals surface area contributed by atoms with Gasteiger partial charge in [-0.05, 0) is 36.6 Å². The fourth-order valence-corrected chi connectivity index (χ4v) is 2.09. The summed E-state index contributed by atoms with van der Waals surface area (Å²) in [6, 6.07) is 5.14. The van der Waals surface area contributed by atoms with Gasteiger partial charge in [-0.2, -0.15) is 4.98 Å². The van der Waals surface area contributed by atoms with Gasteiger partial charge in [0.15, 0.2) is 5.82 Å². The minimum Gasteiger partial charge on any atom is -0.508 e. The molecular formula is C16H21N3O3. The number of aromatic hydroxyl groups is 1. The molecule has 6 heteroatoms. The van der Waals surface area contributed by atoms with Crippen molar-refractivity contribution in [2.45, 2.75) is 39.5 Å². The number of carbonyl (C=O) groups is 1. The third-order valence-corrected chi connectivity index (χ3v) is 3.35. The molecule has 0 aliphatic carbocycles. The molecule has 22 heavy (non-hydrogen) atoms. The second-order valence-electron chi connectivity index (χ2n) is 5.27. The van der Waals surface area contributed by atoms with Crippen LogP contribution in [0.25, 0.3) is 0 Å². The van der Waals surface area contributed by atoms with Crippen LogP contribution in [-0.2, 0) is 17.6 Å². The van der Waals surface area contributed by atoms with Gasteiger partial charge in [-0.3, -0.25) is 4.79 Å². The third-order valence-electron chi connectivity index (χ3n) is 3.35. The Labute approximate surface area is 129 Å². The number of rotatable bonds is 7. The molecule has 0 fully saturated rings. The van der Waals surface area contributed by atoms with E-state index in [9.17, 15) is 9.90 Å². The smallest absolute Gasteiger partial charge is 0.231 e. The highest BCUT2D eigenvalue weighted by atomic mass is 16.5. The van der Waals surface area contributed by atoms with E-state index in [2.05, 4.69) is 22.4 Å². The Morgan fingerprint density at radius 1 is 1.41 bits per heavy atom. The summed E-state index contributed by atoms with van der Waals surface area (Å²) in [5, 5.41) is 16.0. The standard InChI is InChI=1S/C16H21N3O3/c1-3-4-7-17-15(21)10-14-18-16(22-19-14)9-12-5-6-13(20)8-11(12)2/h5-6,8,20H,3-4,7,9-10H2,1-2H3,(H,17,21). The lowest BCUT2D eigenvalue weighted by Gasteiger charge is -2.02. The Morgan fingerprint density at radius 3 is 2.95 bits per heavy atom. The fraction of sp³-hybridized carbons (Fsp3) is 0.438. The van der Waals surface area contributed by atoms with Crippen LogP contribution in [0.4, 0.5) is 0 Å². The number of aryl methyl sites for hydroxylation is 1. The van der Waals surface area contributed by atoms with Crippen molar-refractivity contribution in [1.82, 2.24) is 15.5 Å². The average Bonchev–Trinajstić information content (AvgIpc) is 2.89. The van der Waals surface area contributed by atoms with Crippen molar-refractivity contribution < 1.29 is 14.4 Å². The summed E-state index contributed by atoms with van der Waals surface area (Å²) >= 11 is 0. The quantitative estimate of drug-likeness (QED) is 0.765. The lowest BCUT2D eigenvalue weighted by Crippen LogP contribution is -2.26. The minimum absolute atomic E-state index is 0.0957. The second-order valence-corrected chi connectivity index (χ2v) is 5.27. The first-order valence-corrected chi connectivity index (χ1v) is 7.45. The number of phenols is 1. The van der Waals surface area contributed by atoms with Crippen LogP contribution < -0.4 is 5.32 Å². The summed E-state index contributed by atoms with van der Waals surface area (Å²) in [6.45, 7) is 4.66. The maximum atomic E-state index is 11.7. The highest BCUT2D eigenvalue weighted by Gasteiger charge is 2.12. The monoisotopic (exact) mass is 303 g/mol. The highest BCUT2D eigenvalue weighted by molar-refractivity contribution is 5.77. The average molecular weight is 303 g/mol. The Hall–Kier alpha value is -2.37. The van der Waals surface area contributed by atoms with E-state index in [1.54, 1.807) is 12.1 Å². The van der Waals surface area contributed by atoms with Crippen molar-refractivity contribution in [1.29, 1.82) is 0 Å². The summed E-state index contributed by atoms with van der Waals surface area (Å²) in [7, 11) is 0. The molecule has 0 bridgehead atoms. The van der Waals surface area contributed by atoms with Gasteiger partial charge >= 0.3 is 0 Å². The van der Waals surface area contributed by atoms with Gasteiger partial charge in [0, 0.05) is 6.54 Å². The lowest BCUT2D eigenvalue weighted by atomic mass is 10.1. The van der Waals surface area contributed by atoms with Crippen LogP contribution in [0.1, 0.15) is 42.6 Å². The number of carbonyl (C=O) groups excluding carboxylic acids is 1. The zero-order chi connectivity index (χ0) is 15.9. The highest BCUT2D eigenvalue weighted by Crippen LogP contribution is 2.18. The van der Waals surface area contributed by atoms with Crippen LogP contribution in [0.5, 0.6) is 5.75 Å². The van der Waals surface area contributed by atoms with Crippen molar-refractivity contribution in [2.75, 3.05) is 6.54 Å². The molecule has 1 aromatic heterocycles. The SMILES string of the molecule is CCCCNC(=O)Cc1noc(Cc2ccc(O)cc2C)n1. The van der Waals surface area contributed by atoms with Crippen LogP contribution in [0.15, 0.2) is 22.7 Å². The molecule has 1 amide bonds. The Kier molecular flexibility index (Phi) is 5.52. The minimum atomic E-state index is -0.0957. The summed E-state index contributed by atoms with van der Waals surface area (Å²) in [6.07, 6.45) is 2.61. The van der Waals surface area contributed by atoms with E-state index in [1.807, 2.05) is 13.0 Å². The van der Waals surface area contributed by atoms with E-state index >= 15 is 0 Å². The molecule has 118 valence electrons. The number of unbranched alkanes of at least 4 members (excludes halogenated alkanes) is 1. The van der Waals surface area contributed by atoms with Gasteiger partial charge in [-0.1, -0.05) is 24.6 Å². The van der Waals surface area contributed by atoms with Crippen molar-refractivity contribution >= 4 is 5.91 Å². The normalized spacial score (nSPS) is 10.6. The van der Waals surface area contributed by atoms with Gasteiger partial charge in [-0.25, -0.2) is 0 Å². The number of amides is 1. The fourth-order valence-electron chi connectivity index (χ4n) is 2.09. The molecule has 0 atom stereocenters. The van der Waals surface area contributed by atoms with Crippen molar-refractivity contribution in [2.24, 2.45) is 0 Å². The van der Waals surface area contributed by atoms with Gasteiger partial charge < -0.3 is 14.9 Å². The number of nitrogens with one attached hydrogen (secondary N) is 1. The maximum absolute atomic E-state index is 11.7. The summed E-state index contributed by atoms with van der Waals surface area (Å²) in [5.74, 6) is 0.989. The van der Waals surface area contributed by atoms with E-state index in [0.29, 0.717) is 24.7 Å². The molecule has 1 heterocycles. The zero-order valence-electron chi connectivity index (χ0n) is 12.9. The molecule has 0 aliphatic rings. The van der Waals surface area contributed by atoms with Crippen LogP contribution in [-0.4, -0.2) is 27.7 Å². The molecule has 0 unspecified atom stereocenters. The van der Waals surface area contributed by atoms with Gasteiger partial charge in [-0.15, -0.1) is 0 Å². The number of aromatic nitrogens is 2. The number of benzene rings is 1. The van der Waals surface area contributed by atoms with E-state index < -0.39 is 0 Å². The third kappa shape index (κ3) is 4.58. The topological polar surface area (TPSA) is 88.2 Å². The first-order valence-electron chi connectivity index (χ1n) is 7.45. The predicted molar refractivity (Wildman–Crippen MR) is 81.6 cm³/mol. The summed E-state index contributed by atoms with van der Waals surface area (Å²) in [4.78, 5) is 15.9. The van der Waals surface area contributed by atoms with E-state index in [1.165, 1.54) is 0 Å². The van der Waals surface area contributed by atoms with Crippen molar-refractivity contribution in [3.05, 3.63) is 41.0 Å². The largest absolute Gasteiger partial charge is 0.508 e. The van der Waals surface area contributed by atoms with Crippen LogP contribution in [0.2, 0.25) is 0 Å². The number of hydrogen-bond donors (Lipinski definition) is 2. The molecule has 0 spiro atoms. The Bertz CT molecular complexity index is 637. The molecule has 0 aliphatic heterocycles. The summed E-state index contributed by atoms with van der Waals surface area (Å²) < 4.78 is 5.18. The first-order chi connectivity index (χ1) is 10.6. The van der Waals surface area contributed by atoms with E-state index in [0.717, 1.165) is 24.0 Å². The Morgan fingerprint density at radius 2 is 2.23 bits per heavy atom. The Balaban J connectivity index is 1.92. The maximum Gasteiger partial charge on any atom is 0.231 e. The van der Waals surface area contributed by atoms with Gasteiger partial charge in [0.25, 0.3) is 0 Å². The van der Waals surface area contributed by atoms with Crippen LogP contribution >= 0.6 is 0 Å². The van der Waals surface area contributed by atoms with Gasteiger partial charge in [0.1, 0.15) is 5.75 Å². The zero-order valence-corrected chi connectivity index (χ0v) is 12.9. The molecule has 0 radical (unpaired) electrons. The predicted octanol–water partition coefficient (Wildman–Crippen LogP) is 2.13. The van der Waals surface area contributed by atoms with Crippen molar-refractivity contribution in [3.8, 4) is 5.75 Å². The van der Waals surface area contributed by atoms with Crippen LogP contribution in [0, 0.1) is 6.92 Å². The van der Waals surface area contributed by atoms with Crippen LogP contribution in [0.3, 0.4) is 0 Å². The molecule has 2 rings (SSSR count). The molecule has 2 N–H and O–H groups in total. The molecule has 1 aromatic carbocycles. The molecular weight excluding hydrogens is 282 g/mol. The number of hydrogen-bond acceptors (Lipinski definition) is 5. The van der Waals surface area contributed by atoms with E-state index in [4.69, 9.17) is 4.52 Å². The van der Waals surface area contributed by atoms with Crippen molar-refractivity contribution in [3.63, 3.8) is 0 Å². The molecule has 0 saturated carbocycles. The second kappa shape index (κ2) is 7.59. The first kappa shape index (κ1) is 16.0. The summed E-state index contributed by atoms with van der Waals surface area (Å²) in [5.41, 5.74) is 1.96. The number of phenolic OH excluding ortho intramolecular Hbond substituents is 1. The molecule has 2 aromatic rings. The van der Waals surface area contributed by atoms with E-state index in [-0.39, 0.29) is 18.1 Å². The van der Waals surface area contributed by atoms with Gasteiger partial charge in [0.05, 0.1) is 12.8 Å². The molecule has 6 nitrogen and oxygen atoms in total.